The Bertz CT molecular complexity index is 1440. The van der Waals surface area contributed by atoms with Gasteiger partial charge in [0, 0.05) is 30.6 Å². The first-order valence-electron chi connectivity index (χ1n) is 9.89. The first-order chi connectivity index (χ1) is 14.4. The highest BCUT2D eigenvalue weighted by atomic mass is 32.1. The highest BCUT2D eigenvalue weighted by molar-refractivity contribution is 7.24. The van der Waals surface area contributed by atoms with Crippen LogP contribution >= 0.6 is 34.0 Å². The summed E-state index contributed by atoms with van der Waals surface area (Å²) >= 11 is 5.37. The van der Waals surface area contributed by atoms with E-state index < -0.39 is 0 Å². The van der Waals surface area contributed by atoms with E-state index in [0.717, 1.165) is 10.6 Å². The van der Waals surface area contributed by atoms with Crippen LogP contribution in [0.5, 0.6) is 0 Å². The van der Waals surface area contributed by atoms with Crippen LogP contribution in [0.1, 0.15) is 36.8 Å². The Morgan fingerprint density at radius 3 is 2.57 bits per heavy atom. The molecule has 30 heavy (non-hydrogen) atoms. The summed E-state index contributed by atoms with van der Waals surface area (Å²) in [6, 6.07) is 15.5. The summed E-state index contributed by atoms with van der Waals surface area (Å²) in [6.07, 6.45) is 3.57. The van der Waals surface area contributed by atoms with Gasteiger partial charge in [0.2, 0.25) is 0 Å². The van der Waals surface area contributed by atoms with E-state index in [9.17, 15) is 0 Å². The fraction of sp³-hybridized carbons (Fsp3) is 0.200. The van der Waals surface area contributed by atoms with Gasteiger partial charge < -0.3 is 0 Å². The predicted molar refractivity (Wildman–Crippen MR) is 138 cm³/mol. The zero-order chi connectivity index (χ0) is 20.9. The molecule has 3 heterocycles. The Morgan fingerprint density at radius 1 is 0.900 bits per heavy atom. The zero-order valence-corrected chi connectivity index (χ0v) is 19.8. The van der Waals surface area contributed by atoms with Crippen molar-refractivity contribution in [2.24, 2.45) is 9.98 Å². The molecule has 0 atom stereocenters. The Hall–Kier alpha value is -2.34. The summed E-state index contributed by atoms with van der Waals surface area (Å²) in [4.78, 5) is 10.4. The van der Waals surface area contributed by atoms with Gasteiger partial charge >= 0.3 is 0 Å². The highest BCUT2D eigenvalue weighted by Gasteiger charge is 2.18. The van der Waals surface area contributed by atoms with Crippen molar-refractivity contribution < 1.29 is 0 Å². The lowest BCUT2D eigenvalue weighted by molar-refractivity contribution is 0.596. The van der Waals surface area contributed by atoms with E-state index >= 15 is 0 Å². The molecule has 2 aromatic carbocycles. The number of aryl methyl sites for hydroxylation is 1. The molecule has 3 aromatic heterocycles. The molecule has 0 aliphatic carbocycles. The van der Waals surface area contributed by atoms with Crippen molar-refractivity contribution in [1.82, 2.24) is 0 Å². The van der Waals surface area contributed by atoms with E-state index in [1.165, 1.54) is 40.7 Å². The molecule has 0 saturated heterocycles. The van der Waals surface area contributed by atoms with Crippen LogP contribution in [0.2, 0.25) is 0 Å². The van der Waals surface area contributed by atoms with Gasteiger partial charge in [-0.05, 0) is 76.0 Å². The van der Waals surface area contributed by atoms with Gasteiger partial charge in [-0.3, -0.25) is 0 Å². The first-order valence-corrected chi connectivity index (χ1v) is 12.4. The van der Waals surface area contributed by atoms with Crippen molar-refractivity contribution in [1.29, 1.82) is 0 Å². The third-order valence-electron chi connectivity index (χ3n) is 5.15. The molecule has 0 fully saturated rings. The second-order valence-corrected chi connectivity index (χ2v) is 11.8. The van der Waals surface area contributed by atoms with E-state index in [-0.39, 0.29) is 5.41 Å². The molecule has 2 nitrogen and oxygen atoms in total. The third kappa shape index (κ3) is 3.62. The molecule has 0 radical (unpaired) electrons. The molecule has 0 amide bonds. The molecule has 0 N–H and O–H groups in total. The lowest BCUT2D eigenvalue weighted by atomic mass is 9.85. The molecular weight excluding hydrogens is 424 g/mol. The standard InChI is InChI=1S/C25H22N2S3/c1-15-9-17-5-6-21-19(23(17)29-15)12-22(30-21)27-14-26-13-16-10-18-7-8-28-24(18)20(11-16)25(2,3)4/h5-14H,1-4H3/b26-13?,27-14-. The maximum atomic E-state index is 4.60. The van der Waals surface area contributed by atoms with Gasteiger partial charge in [-0.25, -0.2) is 9.98 Å². The number of hydrogen-bond donors (Lipinski definition) is 0. The van der Waals surface area contributed by atoms with Gasteiger partial charge in [0.1, 0.15) is 11.3 Å². The second-order valence-electron chi connectivity index (χ2n) is 8.52. The predicted octanol–water partition coefficient (Wildman–Crippen LogP) is 8.72. The van der Waals surface area contributed by atoms with Crippen molar-refractivity contribution in [2.45, 2.75) is 33.1 Å². The van der Waals surface area contributed by atoms with E-state index in [4.69, 9.17) is 0 Å². The molecule has 0 spiro atoms. The van der Waals surface area contributed by atoms with Crippen LogP contribution in [0.25, 0.3) is 30.3 Å². The molecule has 150 valence electrons. The Labute approximate surface area is 188 Å². The number of rotatable bonds is 3. The fourth-order valence-corrected chi connectivity index (χ4v) is 6.85. The molecule has 0 aliphatic heterocycles. The van der Waals surface area contributed by atoms with Gasteiger partial charge in [-0.2, -0.15) is 0 Å². The lowest BCUT2D eigenvalue weighted by Crippen LogP contribution is -2.11. The van der Waals surface area contributed by atoms with Crippen LogP contribution in [0.4, 0.5) is 5.00 Å². The molecule has 5 rings (SSSR count). The monoisotopic (exact) mass is 446 g/mol. The second kappa shape index (κ2) is 7.41. The average Bonchev–Trinajstić information content (AvgIpc) is 3.40. The highest BCUT2D eigenvalue weighted by Crippen LogP contribution is 2.39. The molecular formula is C25H22N2S3. The minimum Gasteiger partial charge on any atom is -0.244 e. The third-order valence-corrected chi connectivity index (χ3v) is 8.22. The summed E-state index contributed by atoms with van der Waals surface area (Å²) in [5.74, 6) is 0. The minimum absolute atomic E-state index is 0.101. The van der Waals surface area contributed by atoms with E-state index in [1.54, 1.807) is 17.7 Å². The van der Waals surface area contributed by atoms with Crippen molar-refractivity contribution in [2.75, 3.05) is 0 Å². The number of nitrogens with zero attached hydrogens (tertiary/aromatic N) is 2. The lowest BCUT2D eigenvalue weighted by Gasteiger charge is -2.20. The van der Waals surface area contributed by atoms with Crippen LogP contribution in [-0.4, -0.2) is 12.6 Å². The fourth-order valence-electron chi connectivity index (χ4n) is 3.74. The van der Waals surface area contributed by atoms with Crippen molar-refractivity contribution >= 4 is 81.8 Å². The van der Waals surface area contributed by atoms with Gasteiger partial charge in [-0.1, -0.05) is 26.8 Å². The molecule has 0 unspecified atom stereocenters. The molecule has 5 aromatic rings. The Balaban J connectivity index is 1.44. The number of benzene rings is 2. The minimum atomic E-state index is 0.101. The summed E-state index contributed by atoms with van der Waals surface area (Å²) in [7, 11) is 0. The van der Waals surface area contributed by atoms with Gasteiger partial charge in [0.15, 0.2) is 0 Å². The normalized spacial score (nSPS) is 13.1. The van der Waals surface area contributed by atoms with Crippen LogP contribution in [0.15, 0.2) is 57.8 Å². The summed E-state index contributed by atoms with van der Waals surface area (Å²) in [5, 5.41) is 7.05. The first kappa shape index (κ1) is 19.6. The number of aliphatic imine (C=N–C) groups is 2. The van der Waals surface area contributed by atoms with Gasteiger partial charge in [0.05, 0.1) is 0 Å². The van der Waals surface area contributed by atoms with Crippen molar-refractivity contribution in [3.8, 4) is 0 Å². The van der Waals surface area contributed by atoms with E-state index in [2.05, 4.69) is 85.5 Å². The zero-order valence-electron chi connectivity index (χ0n) is 17.4. The maximum Gasteiger partial charge on any atom is 0.119 e. The smallest absolute Gasteiger partial charge is 0.119 e. The van der Waals surface area contributed by atoms with E-state index in [1.807, 2.05) is 28.9 Å². The van der Waals surface area contributed by atoms with Crippen molar-refractivity contribution in [3.63, 3.8) is 0 Å². The van der Waals surface area contributed by atoms with Crippen LogP contribution in [0, 0.1) is 6.92 Å². The van der Waals surface area contributed by atoms with Crippen LogP contribution < -0.4 is 0 Å². The van der Waals surface area contributed by atoms with Crippen molar-refractivity contribution in [3.05, 3.63) is 63.8 Å². The number of thiophene rings is 3. The Morgan fingerprint density at radius 2 is 1.73 bits per heavy atom. The SMILES string of the molecule is Cc1cc2ccc3sc(/N=C\N=Cc4cc(C(C)(C)C)c5sccc5c4)cc3c2s1. The topological polar surface area (TPSA) is 24.7 Å². The molecule has 5 heteroatoms. The van der Waals surface area contributed by atoms with Gasteiger partial charge in [-0.15, -0.1) is 34.0 Å². The van der Waals surface area contributed by atoms with Crippen LogP contribution in [0.3, 0.4) is 0 Å². The van der Waals surface area contributed by atoms with Crippen LogP contribution in [-0.2, 0) is 5.41 Å². The quantitative estimate of drug-likeness (QED) is 0.195. The Kier molecular flexibility index (Phi) is 4.85. The largest absolute Gasteiger partial charge is 0.244 e. The molecule has 0 bridgehead atoms. The number of fused-ring (bicyclic) bond motifs is 4. The number of hydrogen-bond acceptors (Lipinski definition) is 4. The summed E-state index contributed by atoms with van der Waals surface area (Å²) in [6.45, 7) is 8.95. The molecule has 0 aliphatic rings. The summed E-state index contributed by atoms with van der Waals surface area (Å²) < 4.78 is 4.00. The van der Waals surface area contributed by atoms with Gasteiger partial charge in [0.25, 0.3) is 0 Å². The average molecular weight is 447 g/mol. The summed E-state index contributed by atoms with van der Waals surface area (Å²) in [5.41, 5.74) is 2.58. The van der Waals surface area contributed by atoms with E-state index in [0.29, 0.717) is 0 Å². The molecule has 0 saturated carbocycles. The maximum absolute atomic E-state index is 4.60.